The summed E-state index contributed by atoms with van der Waals surface area (Å²) in [6, 6.07) is 8.69. The molecule has 0 saturated heterocycles. The van der Waals surface area contributed by atoms with Crippen molar-refractivity contribution in [3.8, 4) is 11.3 Å². The molecule has 0 amide bonds. The Hall–Kier alpha value is -1.90. The van der Waals surface area contributed by atoms with E-state index in [0.29, 0.717) is 16.3 Å². The van der Waals surface area contributed by atoms with E-state index in [2.05, 4.69) is 10.1 Å². The standard InChI is InChI=1S/C10H5ClN2O2/c11-8-4-2-1-3-7(8)9-5-10(12-6-14)13-15-9/h1-5H. The summed E-state index contributed by atoms with van der Waals surface area (Å²) in [4.78, 5) is 13.3. The van der Waals surface area contributed by atoms with Crippen LogP contribution in [0, 0.1) is 0 Å². The van der Waals surface area contributed by atoms with Gasteiger partial charge in [0.1, 0.15) is 0 Å². The summed E-state index contributed by atoms with van der Waals surface area (Å²) in [5, 5.41) is 4.11. The minimum absolute atomic E-state index is 0.180. The molecule has 0 radical (unpaired) electrons. The molecule has 0 saturated carbocycles. The first-order chi connectivity index (χ1) is 7.31. The van der Waals surface area contributed by atoms with Crippen LogP contribution in [0.4, 0.5) is 5.82 Å². The van der Waals surface area contributed by atoms with Crippen LogP contribution in [0.3, 0.4) is 0 Å². The first-order valence-electron chi connectivity index (χ1n) is 4.11. The number of rotatable bonds is 2. The summed E-state index contributed by atoms with van der Waals surface area (Å²) in [5.41, 5.74) is 0.707. The number of carbonyl (C=O) groups excluding carboxylic acids is 1. The molecule has 0 N–H and O–H groups in total. The number of hydrogen-bond donors (Lipinski definition) is 0. The fraction of sp³-hybridized carbons (Fsp3) is 0. The zero-order chi connectivity index (χ0) is 10.7. The minimum Gasteiger partial charge on any atom is -0.354 e. The third-order valence-electron chi connectivity index (χ3n) is 1.80. The monoisotopic (exact) mass is 220 g/mol. The van der Waals surface area contributed by atoms with Gasteiger partial charge in [-0.1, -0.05) is 28.9 Å². The van der Waals surface area contributed by atoms with E-state index in [-0.39, 0.29) is 5.82 Å². The molecule has 1 heterocycles. The fourth-order valence-corrected chi connectivity index (χ4v) is 1.38. The maximum atomic E-state index is 9.99. The van der Waals surface area contributed by atoms with Crippen LogP contribution in [0.5, 0.6) is 0 Å². The summed E-state index contributed by atoms with van der Waals surface area (Å²) < 4.78 is 4.98. The van der Waals surface area contributed by atoms with Gasteiger partial charge < -0.3 is 4.52 Å². The van der Waals surface area contributed by atoms with Crippen LogP contribution in [0.25, 0.3) is 11.3 Å². The normalized spacial score (nSPS) is 9.67. The quantitative estimate of drug-likeness (QED) is 0.578. The van der Waals surface area contributed by atoms with Crippen molar-refractivity contribution in [3.05, 3.63) is 35.4 Å². The second-order valence-electron chi connectivity index (χ2n) is 2.73. The number of nitrogens with zero attached hydrogens (tertiary/aromatic N) is 2. The van der Waals surface area contributed by atoms with Gasteiger partial charge in [0.15, 0.2) is 5.76 Å². The van der Waals surface area contributed by atoms with E-state index in [0.717, 1.165) is 0 Å². The lowest BCUT2D eigenvalue weighted by Gasteiger charge is -1.96. The van der Waals surface area contributed by atoms with Crippen molar-refractivity contribution in [2.75, 3.05) is 0 Å². The van der Waals surface area contributed by atoms with Gasteiger partial charge in [-0.15, -0.1) is 4.99 Å². The van der Waals surface area contributed by atoms with Gasteiger partial charge in [-0.3, -0.25) is 0 Å². The van der Waals surface area contributed by atoms with E-state index in [1.165, 1.54) is 12.1 Å². The molecule has 0 spiro atoms. The van der Waals surface area contributed by atoms with E-state index >= 15 is 0 Å². The molecule has 1 aromatic carbocycles. The number of isocyanates is 1. The van der Waals surface area contributed by atoms with E-state index in [1.54, 1.807) is 12.1 Å². The van der Waals surface area contributed by atoms with Crippen molar-refractivity contribution in [2.24, 2.45) is 4.99 Å². The molecule has 0 unspecified atom stereocenters. The van der Waals surface area contributed by atoms with Gasteiger partial charge in [-0.25, -0.2) is 4.79 Å². The van der Waals surface area contributed by atoms with Gasteiger partial charge in [0.05, 0.1) is 5.02 Å². The van der Waals surface area contributed by atoms with Gasteiger partial charge in [0.2, 0.25) is 11.9 Å². The number of benzene rings is 1. The minimum atomic E-state index is 0.180. The largest absolute Gasteiger partial charge is 0.354 e. The van der Waals surface area contributed by atoms with Crippen LogP contribution in [0.1, 0.15) is 0 Å². The first-order valence-corrected chi connectivity index (χ1v) is 4.48. The van der Waals surface area contributed by atoms with Crippen molar-refractivity contribution < 1.29 is 9.32 Å². The first kappa shape index (κ1) is 9.65. The van der Waals surface area contributed by atoms with Gasteiger partial charge in [0, 0.05) is 11.6 Å². The van der Waals surface area contributed by atoms with Crippen molar-refractivity contribution >= 4 is 23.5 Å². The molecule has 4 nitrogen and oxygen atoms in total. The van der Waals surface area contributed by atoms with Crippen molar-refractivity contribution in [2.45, 2.75) is 0 Å². The van der Waals surface area contributed by atoms with Gasteiger partial charge in [-0.2, -0.15) is 0 Å². The summed E-state index contributed by atoms with van der Waals surface area (Å²) >= 11 is 5.95. The molecule has 2 aromatic rings. The second-order valence-corrected chi connectivity index (χ2v) is 3.14. The molecule has 5 heteroatoms. The summed E-state index contributed by atoms with van der Waals surface area (Å²) in [6.07, 6.45) is 1.38. The lowest BCUT2D eigenvalue weighted by molar-refractivity contribution is 0.434. The molecule has 0 aliphatic heterocycles. The summed E-state index contributed by atoms with van der Waals surface area (Å²) in [7, 11) is 0. The highest BCUT2D eigenvalue weighted by molar-refractivity contribution is 6.33. The molecule has 0 aliphatic rings. The Kier molecular flexibility index (Phi) is 2.63. The maximum Gasteiger partial charge on any atom is 0.242 e. The highest BCUT2D eigenvalue weighted by atomic mass is 35.5. The third-order valence-corrected chi connectivity index (χ3v) is 2.13. The van der Waals surface area contributed by atoms with Crippen LogP contribution in [0.2, 0.25) is 5.02 Å². The summed E-state index contributed by atoms with van der Waals surface area (Å²) in [6.45, 7) is 0. The molecule has 0 bridgehead atoms. The Morgan fingerprint density at radius 1 is 1.40 bits per heavy atom. The van der Waals surface area contributed by atoms with Crippen LogP contribution in [-0.4, -0.2) is 11.2 Å². The van der Waals surface area contributed by atoms with E-state index in [9.17, 15) is 4.79 Å². The maximum absolute atomic E-state index is 9.99. The zero-order valence-corrected chi connectivity index (χ0v) is 8.23. The molecule has 2 rings (SSSR count). The molecule has 0 atom stereocenters. The topological polar surface area (TPSA) is 55.5 Å². The SMILES string of the molecule is O=C=Nc1cc(-c2ccccc2Cl)on1. The van der Waals surface area contributed by atoms with Crippen molar-refractivity contribution in [3.63, 3.8) is 0 Å². The molecular weight excluding hydrogens is 216 g/mol. The second kappa shape index (κ2) is 4.09. The Morgan fingerprint density at radius 3 is 2.93 bits per heavy atom. The van der Waals surface area contributed by atoms with Gasteiger partial charge >= 0.3 is 0 Å². The van der Waals surface area contributed by atoms with Crippen LogP contribution >= 0.6 is 11.6 Å². The van der Waals surface area contributed by atoms with Crippen LogP contribution < -0.4 is 0 Å². The van der Waals surface area contributed by atoms with E-state index in [1.807, 2.05) is 12.1 Å². The smallest absolute Gasteiger partial charge is 0.242 e. The Balaban J connectivity index is 2.46. The highest BCUT2D eigenvalue weighted by Gasteiger charge is 2.08. The molecule has 0 fully saturated rings. The molecule has 15 heavy (non-hydrogen) atoms. The van der Waals surface area contributed by atoms with Gasteiger partial charge in [0.25, 0.3) is 0 Å². The predicted octanol–water partition coefficient (Wildman–Crippen LogP) is 2.96. The van der Waals surface area contributed by atoms with Gasteiger partial charge in [-0.05, 0) is 12.1 Å². The predicted molar refractivity (Wildman–Crippen MR) is 54.7 cm³/mol. The molecular formula is C10H5ClN2O2. The average Bonchev–Trinajstić information content (AvgIpc) is 2.68. The molecule has 74 valence electrons. The average molecular weight is 221 g/mol. The number of aliphatic imine (C=N–C) groups is 1. The van der Waals surface area contributed by atoms with Crippen LogP contribution in [-0.2, 0) is 4.79 Å². The Morgan fingerprint density at radius 2 is 2.20 bits per heavy atom. The number of aromatic nitrogens is 1. The zero-order valence-electron chi connectivity index (χ0n) is 7.48. The Labute approximate surface area is 90.2 Å². The number of hydrogen-bond acceptors (Lipinski definition) is 4. The lowest BCUT2D eigenvalue weighted by Crippen LogP contribution is -1.74. The Bertz CT molecular complexity index is 530. The number of halogens is 1. The third kappa shape index (κ3) is 1.96. The molecule has 1 aromatic heterocycles. The van der Waals surface area contributed by atoms with Crippen molar-refractivity contribution in [1.82, 2.24) is 5.16 Å². The van der Waals surface area contributed by atoms with Crippen molar-refractivity contribution in [1.29, 1.82) is 0 Å². The fourth-order valence-electron chi connectivity index (χ4n) is 1.15. The van der Waals surface area contributed by atoms with E-state index in [4.69, 9.17) is 16.1 Å². The van der Waals surface area contributed by atoms with E-state index < -0.39 is 0 Å². The molecule has 0 aliphatic carbocycles. The lowest BCUT2D eigenvalue weighted by atomic mass is 10.2. The highest BCUT2D eigenvalue weighted by Crippen LogP contribution is 2.29. The summed E-state index contributed by atoms with van der Waals surface area (Å²) in [5.74, 6) is 0.648. The van der Waals surface area contributed by atoms with Crippen LogP contribution in [0.15, 0.2) is 39.8 Å².